The van der Waals surface area contributed by atoms with Crippen LogP contribution < -0.4 is 11.2 Å². The molecule has 0 atom stereocenters. The number of hydrogen-bond donors (Lipinski definition) is 3. The van der Waals surface area contributed by atoms with E-state index in [2.05, 4.69) is 10.1 Å². The lowest BCUT2D eigenvalue weighted by atomic mass is 10.1. The minimum Gasteiger partial charge on any atom is -0.462 e. The molecule has 0 aliphatic carbocycles. The fraction of sp³-hybridized carbons (Fsp3) is 0.385. The van der Waals surface area contributed by atoms with Gasteiger partial charge in [-0.3, -0.25) is 0 Å². The fourth-order valence-corrected chi connectivity index (χ4v) is 1.75. The molecule has 0 unspecified atom stereocenters. The Morgan fingerprint density at radius 2 is 1.82 bits per heavy atom. The number of esters is 2. The molecule has 4 N–H and O–H groups in total. The smallest absolute Gasteiger partial charge is 0.355 e. The summed E-state index contributed by atoms with van der Waals surface area (Å²) >= 11 is 0. The Balaban J connectivity index is 3.24. The van der Waals surface area contributed by atoms with Crippen LogP contribution in [0.4, 0.5) is 4.79 Å². The molecule has 0 radical (unpaired) electrons. The topological polar surface area (TPSA) is 136 Å². The van der Waals surface area contributed by atoms with Crippen molar-refractivity contribution in [3.8, 4) is 0 Å². The first-order valence-corrected chi connectivity index (χ1v) is 6.57. The lowest BCUT2D eigenvalue weighted by molar-refractivity contribution is 0.0518. The Hall–Kier alpha value is -2.84. The van der Waals surface area contributed by atoms with Gasteiger partial charge in [-0.25, -0.2) is 19.8 Å². The summed E-state index contributed by atoms with van der Waals surface area (Å²) in [6.45, 7) is 5.27. The Morgan fingerprint density at radius 3 is 2.36 bits per heavy atom. The Bertz CT molecular complexity index is 606. The molecule has 1 rings (SSSR count). The zero-order chi connectivity index (χ0) is 16.7. The molecule has 1 aromatic heterocycles. The second-order valence-electron chi connectivity index (χ2n) is 4.09. The zero-order valence-corrected chi connectivity index (χ0v) is 12.6. The highest BCUT2D eigenvalue weighted by molar-refractivity contribution is 6.04. The van der Waals surface area contributed by atoms with Crippen molar-refractivity contribution in [2.45, 2.75) is 20.8 Å². The van der Waals surface area contributed by atoms with Crippen LogP contribution in [0.25, 0.3) is 0 Å². The van der Waals surface area contributed by atoms with Crippen molar-refractivity contribution in [1.29, 1.82) is 0 Å². The number of aromatic nitrogens is 1. The standard InChI is InChI=1S/C13H18N4O5/c1-4-21-11(18)9-7(3)10(12(19)22-5-2)16-8(9)6-15-17-13(14)20/h6,16H,4-5H2,1-3H3,(H3,14,17,20)/b15-6-. The maximum absolute atomic E-state index is 12.0. The number of ether oxygens (including phenoxy) is 2. The van der Waals surface area contributed by atoms with E-state index in [-0.39, 0.29) is 30.2 Å². The molecule has 22 heavy (non-hydrogen) atoms. The predicted octanol–water partition coefficient (Wildman–Crippen LogP) is 0.679. The number of nitrogens with two attached hydrogens (primary N) is 1. The maximum Gasteiger partial charge on any atom is 0.355 e. The van der Waals surface area contributed by atoms with Crippen LogP contribution in [0.3, 0.4) is 0 Å². The van der Waals surface area contributed by atoms with Crippen LogP contribution in [0.1, 0.15) is 46.0 Å². The normalized spacial score (nSPS) is 10.5. The van der Waals surface area contributed by atoms with Gasteiger partial charge in [0.2, 0.25) is 0 Å². The molecule has 0 bridgehead atoms. The lowest BCUT2D eigenvalue weighted by Crippen LogP contribution is -2.24. The molecule has 0 aromatic carbocycles. The van der Waals surface area contributed by atoms with E-state index >= 15 is 0 Å². The molecule has 120 valence electrons. The SMILES string of the molecule is CCOC(=O)c1[nH]c(/C=N\NC(N)=O)c(C(=O)OCC)c1C. The van der Waals surface area contributed by atoms with E-state index in [9.17, 15) is 14.4 Å². The van der Waals surface area contributed by atoms with Crippen LogP contribution in [-0.2, 0) is 9.47 Å². The Kier molecular flexibility index (Phi) is 6.11. The van der Waals surface area contributed by atoms with E-state index < -0.39 is 18.0 Å². The second kappa shape index (κ2) is 7.81. The van der Waals surface area contributed by atoms with Gasteiger partial charge >= 0.3 is 18.0 Å². The molecule has 0 fully saturated rings. The summed E-state index contributed by atoms with van der Waals surface area (Å²) in [7, 11) is 0. The number of nitrogens with zero attached hydrogens (tertiary/aromatic N) is 1. The van der Waals surface area contributed by atoms with Gasteiger partial charge in [0, 0.05) is 0 Å². The molecule has 9 nitrogen and oxygen atoms in total. The van der Waals surface area contributed by atoms with Gasteiger partial charge < -0.3 is 20.2 Å². The number of rotatable bonds is 6. The average molecular weight is 310 g/mol. The first-order valence-electron chi connectivity index (χ1n) is 6.57. The number of carbonyl (C=O) groups is 3. The number of H-pyrrole nitrogens is 1. The molecular weight excluding hydrogens is 292 g/mol. The predicted molar refractivity (Wildman–Crippen MR) is 77.8 cm³/mol. The van der Waals surface area contributed by atoms with Crippen LogP contribution in [0.2, 0.25) is 0 Å². The highest BCUT2D eigenvalue weighted by Gasteiger charge is 2.24. The molecule has 2 amide bonds. The van der Waals surface area contributed by atoms with Crippen molar-refractivity contribution in [3.05, 3.63) is 22.5 Å². The molecule has 9 heteroatoms. The van der Waals surface area contributed by atoms with E-state index in [4.69, 9.17) is 15.2 Å². The first-order chi connectivity index (χ1) is 10.4. The van der Waals surface area contributed by atoms with Gasteiger partial charge in [0.25, 0.3) is 0 Å². The van der Waals surface area contributed by atoms with E-state index in [1.165, 1.54) is 0 Å². The van der Waals surface area contributed by atoms with Gasteiger partial charge in [0.05, 0.1) is 30.7 Å². The van der Waals surface area contributed by atoms with E-state index in [1.54, 1.807) is 20.8 Å². The summed E-state index contributed by atoms with van der Waals surface area (Å²) < 4.78 is 9.85. The number of amides is 2. The molecule has 1 heterocycles. The summed E-state index contributed by atoms with van der Waals surface area (Å²) in [5.41, 5.74) is 7.71. The van der Waals surface area contributed by atoms with Crippen molar-refractivity contribution in [2.75, 3.05) is 13.2 Å². The highest BCUT2D eigenvalue weighted by Crippen LogP contribution is 2.19. The van der Waals surface area contributed by atoms with Crippen LogP contribution in [-0.4, -0.2) is 42.4 Å². The van der Waals surface area contributed by atoms with Crippen molar-refractivity contribution >= 4 is 24.2 Å². The minimum atomic E-state index is -0.858. The summed E-state index contributed by atoms with van der Waals surface area (Å²) in [6.07, 6.45) is 1.16. The second-order valence-corrected chi connectivity index (χ2v) is 4.09. The number of nitrogens with one attached hydrogen (secondary N) is 2. The van der Waals surface area contributed by atoms with E-state index in [0.29, 0.717) is 5.56 Å². The average Bonchev–Trinajstić information content (AvgIpc) is 2.76. The Morgan fingerprint density at radius 1 is 1.23 bits per heavy atom. The van der Waals surface area contributed by atoms with Crippen molar-refractivity contribution in [2.24, 2.45) is 10.8 Å². The monoisotopic (exact) mass is 310 g/mol. The van der Waals surface area contributed by atoms with Gasteiger partial charge in [0.15, 0.2) is 0 Å². The summed E-state index contributed by atoms with van der Waals surface area (Å²) in [4.78, 5) is 37.2. The molecule has 0 spiro atoms. The largest absolute Gasteiger partial charge is 0.462 e. The van der Waals surface area contributed by atoms with Crippen LogP contribution in [0.15, 0.2) is 5.10 Å². The minimum absolute atomic E-state index is 0.116. The number of primary amides is 1. The molecule has 0 saturated heterocycles. The molecule has 0 aliphatic rings. The van der Waals surface area contributed by atoms with Gasteiger partial charge in [-0.05, 0) is 26.3 Å². The zero-order valence-electron chi connectivity index (χ0n) is 12.6. The molecule has 0 saturated carbocycles. The number of hydrazone groups is 1. The van der Waals surface area contributed by atoms with Gasteiger partial charge in [-0.2, -0.15) is 5.10 Å². The van der Waals surface area contributed by atoms with Crippen molar-refractivity contribution in [1.82, 2.24) is 10.4 Å². The molecule has 1 aromatic rings. The maximum atomic E-state index is 12.0. The van der Waals surface area contributed by atoms with E-state index in [1.807, 2.05) is 5.43 Å². The van der Waals surface area contributed by atoms with E-state index in [0.717, 1.165) is 6.21 Å². The summed E-state index contributed by atoms with van der Waals surface area (Å²) in [5.74, 6) is -1.22. The summed E-state index contributed by atoms with van der Waals surface area (Å²) in [5, 5.41) is 3.56. The number of aromatic amines is 1. The van der Waals surface area contributed by atoms with Crippen molar-refractivity contribution < 1.29 is 23.9 Å². The highest BCUT2D eigenvalue weighted by atomic mass is 16.5. The lowest BCUT2D eigenvalue weighted by Gasteiger charge is -2.03. The third-order valence-electron chi connectivity index (χ3n) is 2.61. The van der Waals surface area contributed by atoms with Gasteiger partial charge in [0.1, 0.15) is 5.69 Å². The third-order valence-corrected chi connectivity index (χ3v) is 2.61. The molecule has 0 aliphatic heterocycles. The Labute approximate surface area is 126 Å². The first kappa shape index (κ1) is 17.2. The van der Waals surface area contributed by atoms with Crippen LogP contribution in [0, 0.1) is 6.92 Å². The van der Waals surface area contributed by atoms with Gasteiger partial charge in [-0.15, -0.1) is 0 Å². The number of carbonyl (C=O) groups excluding carboxylic acids is 3. The van der Waals surface area contributed by atoms with Crippen molar-refractivity contribution in [3.63, 3.8) is 0 Å². The summed E-state index contributed by atoms with van der Waals surface area (Å²) in [6, 6.07) is -0.858. The fourth-order valence-electron chi connectivity index (χ4n) is 1.75. The number of urea groups is 1. The van der Waals surface area contributed by atoms with Crippen LogP contribution in [0.5, 0.6) is 0 Å². The van der Waals surface area contributed by atoms with Crippen LogP contribution >= 0.6 is 0 Å². The number of hydrogen-bond acceptors (Lipinski definition) is 6. The van der Waals surface area contributed by atoms with Gasteiger partial charge in [-0.1, -0.05) is 0 Å². The molecular formula is C13H18N4O5. The quantitative estimate of drug-likeness (QED) is 0.403. The third kappa shape index (κ3) is 4.08.